The molecule has 0 aromatic heterocycles. The Kier molecular flexibility index (Phi) is 4.43. The fourth-order valence-corrected chi connectivity index (χ4v) is 3.33. The molecule has 5 heteroatoms. The lowest BCUT2D eigenvalue weighted by Crippen LogP contribution is -2.42. The topological polar surface area (TPSA) is 27.7 Å². The van der Waals surface area contributed by atoms with E-state index in [1.165, 1.54) is 25.5 Å². The van der Waals surface area contributed by atoms with Crippen molar-refractivity contribution in [2.24, 2.45) is 0 Å². The average Bonchev–Trinajstić information content (AvgIpc) is 3.43. The highest BCUT2D eigenvalue weighted by Gasteiger charge is 2.30. The molecule has 2 heterocycles. The highest BCUT2D eigenvalue weighted by atomic mass is 19.1. The molecule has 1 unspecified atom stereocenters. The minimum Gasteiger partial charge on any atom is -0.464 e. The van der Waals surface area contributed by atoms with Crippen molar-refractivity contribution in [3.05, 3.63) is 54.1 Å². The number of hydrogen-bond acceptors (Lipinski definition) is 4. The minimum atomic E-state index is -0.374. The van der Waals surface area contributed by atoms with Crippen molar-refractivity contribution in [3.63, 3.8) is 0 Å². The van der Waals surface area contributed by atoms with Crippen LogP contribution in [0.5, 0.6) is 5.75 Å². The maximum Gasteiger partial charge on any atom is 0.191 e. The molecule has 0 amide bonds. The Hall–Kier alpha value is -2.01. The van der Waals surface area contributed by atoms with E-state index in [0.29, 0.717) is 0 Å². The quantitative estimate of drug-likeness (QED) is 0.919. The second-order valence-electron chi connectivity index (χ2n) is 6.57. The van der Waals surface area contributed by atoms with Gasteiger partial charge in [0, 0.05) is 38.3 Å². The van der Waals surface area contributed by atoms with Crippen molar-refractivity contribution < 1.29 is 9.13 Å². The third kappa shape index (κ3) is 3.56. The van der Waals surface area contributed by atoms with Gasteiger partial charge in [-0.3, -0.25) is 4.90 Å². The molecule has 1 radical (unpaired) electrons. The largest absolute Gasteiger partial charge is 0.464 e. The summed E-state index contributed by atoms with van der Waals surface area (Å²) in [6, 6.07) is 7.31. The zero-order valence-electron chi connectivity index (χ0n) is 13.7. The summed E-state index contributed by atoms with van der Waals surface area (Å²) < 4.78 is 19.5. The standard InChI is InChI=1S/C19H23FN3O/c20-16-5-1-2-6-17(16)24-19-8-3-7-18(21-19)23-12-4-11-22(13-14-23)15-9-10-15/h1-3,5-6,8,15,19,21H,4,9-14H2. The van der Waals surface area contributed by atoms with Crippen molar-refractivity contribution in [1.29, 1.82) is 0 Å². The summed E-state index contributed by atoms with van der Waals surface area (Å²) in [7, 11) is 0. The van der Waals surface area contributed by atoms with Gasteiger partial charge in [-0.05, 0) is 43.5 Å². The molecule has 1 N–H and O–H groups in total. The van der Waals surface area contributed by atoms with Crippen molar-refractivity contribution in [2.45, 2.75) is 31.5 Å². The third-order valence-corrected chi connectivity index (χ3v) is 4.77. The molecule has 1 aliphatic carbocycles. The molecule has 1 atom stereocenters. The first-order chi connectivity index (χ1) is 11.8. The number of nitrogens with one attached hydrogen (secondary N) is 1. The van der Waals surface area contributed by atoms with Gasteiger partial charge in [-0.15, -0.1) is 0 Å². The minimum absolute atomic E-state index is 0.261. The first-order valence-corrected chi connectivity index (χ1v) is 8.76. The van der Waals surface area contributed by atoms with Crippen molar-refractivity contribution in [3.8, 4) is 5.75 Å². The van der Waals surface area contributed by atoms with Crippen molar-refractivity contribution in [1.82, 2.24) is 15.1 Å². The zero-order valence-corrected chi connectivity index (χ0v) is 13.7. The molecule has 0 bridgehead atoms. The van der Waals surface area contributed by atoms with Gasteiger partial charge in [-0.1, -0.05) is 12.1 Å². The Bertz CT molecular complexity index is 641. The van der Waals surface area contributed by atoms with E-state index in [2.05, 4.69) is 21.2 Å². The fourth-order valence-electron chi connectivity index (χ4n) is 3.33. The Labute approximate surface area is 142 Å². The molecule has 2 fully saturated rings. The van der Waals surface area contributed by atoms with Crippen molar-refractivity contribution in [2.75, 3.05) is 26.2 Å². The van der Waals surface area contributed by atoms with E-state index in [4.69, 9.17) is 4.74 Å². The molecule has 2 aliphatic heterocycles. The predicted octanol–water partition coefficient (Wildman–Crippen LogP) is 2.50. The number of dihydropyridines is 1. The van der Waals surface area contributed by atoms with E-state index in [1.807, 2.05) is 12.2 Å². The number of allylic oxidation sites excluding steroid dienone is 2. The summed E-state index contributed by atoms with van der Waals surface area (Å²) in [5.41, 5.74) is 0. The smallest absolute Gasteiger partial charge is 0.191 e. The van der Waals surface area contributed by atoms with Crippen LogP contribution in [0.2, 0.25) is 0 Å². The number of hydrogen-bond donors (Lipinski definition) is 1. The highest BCUT2D eigenvalue weighted by molar-refractivity contribution is 5.25. The molecule has 1 aromatic rings. The lowest BCUT2D eigenvalue weighted by molar-refractivity contribution is 0.186. The monoisotopic (exact) mass is 328 g/mol. The SMILES string of the molecule is Fc1ccccc1OC1C=C[C]=C(N2CCCN(C3CC3)CC2)N1. The van der Waals surface area contributed by atoms with E-state index in [1.54, 1.807) is 18.2 Å². The molecule has 1 aromatic carbocycles. The summed E-state index contributed by atoms with van der Waals surface area (Å²) >= 11 is 0. The van der Waals surface area contributed by atoms with Crippen LogP contribution in [0.4, 0.5) is 4.39 Å². The van der Waals surface area contributed by atoms with Crippen LogP contribution in [-0.4, -0.2) is 48.2 Å². The molecular weight excluding hydrogens is 305 g/mol. The number of benzene rings is 1. The molecule has 0 spiro atoms. The molecule has 3 aliphatic rings. The Morgan fingerprint density at radius 1 is 1.12 bits per heavy atom. The first kappa shape index (κ1) is 15.5. The van der Waals surface area contributed by atoms with E-state index < -0.39 is 0 Å². The Morgan fingerprint density at radius 3 is 2.83 bits per heavy atom. The summed E-state index contributed by atoms with van der Waals surface area (Å²) in [6.07, 6.45) is 10.5. The van der Waals surface area contributed by atoms with Crippen LogP contribution in [0.25, 0.3) is 0 Å². The fraction of sp³-hybridized carbons (Fsp3) is 0.474. The summed E-state index contributed by atoms with van der Waals surface area (Å²) in [4.78, 5) is 4.93. The summed E-state index contributed by atoms with van der Waals surface area (Å²) in [5.74, 6) is 0.857. The molecule has 1 saturated heterocycles. The third-order valence-electron chi connectivity index (χ3n) is 4.77. The number of nitrogens with zero attached hydrogens (tertiary/aromatic N) is 2. The molecule has 4 nitrogen and oxygen atoms in total. The van der Waals surface area contributed by atoms with E-state index >= 15 is 0 Å². The van der Waals surface area contributed by atoms with Crippen LogP contribution in [0, 0.1) is 11.9 Å². The maximum atomic E-state index is 13.8. The van der Waals surface area contributed by atoms with Gasteiger partial charge in [0.25, 0.3) is 0 Å². The average molecular weight is 328 g/mol. The highest BCUT2D eigenvalue weighted by Crippen LogP contribution is 2.28. The normalized spacial score (nSPS) is 25.0. The van der Waals surface area contributed by atoms with E-state index in [-0.39, 0.29) is 17.8 Å². The van der Waals surface area contributed by atoms with Crippen LogP contribution in [0.3, 0.4) is 0 Å². The van der Waals surface area contributed by atoms with Gasteiger partial charge in [-0.2, -0.15) is 0 Å². The van der Waals surface area contributed by atoms with E-state index in [9.17, 15) is 4.39 Å². The number of para-hydroxylation sites is 1. The number of halogens is 1. The van der Waals surface area contributed by atoms with Crippen LogP contribution in [0.1, 0.15) is 19.3 Å². The Balaban J connectivity index is 1.37. The van der Waals surface area contributed by atoms with Crippen molar-refractivity contribution >= 4 is 0 Å². The second-order valence-corrected chi connectivity index (χ2v) is 6.57. The van der Waals surface area contributed by atoms with Crippen LogP contribution < -0.4 is 10.1 Å². The molecular formula is C19H23FN3O. The summed E-state index contributed by atoms with van der Waals surface area (Å²) in [6.45, 7) is 4.28. The lowest BCUT2D eigenvalue weighted by atomic mass is 10.3. The zero-order chi connectivity index (χ0) is 16.4. The van der Waals surface area contributed by atoms with Gasteiger partial charge < -0.3 is 15.0 Å². The van der Waals surface area contributed by atoms with Gasteiger partial charge >= 0.3 is 0 Å². The second kappa shape index (κ2) is 6.85. The maximum absolute atomic E-state index is 13.8. The van der Waals surface area contributed by atoms with Gasteiger partial charge in [-0.25, -0.2) is 4.39 Å². The van der Waals surface area contributed by atoms with Crippen LogP contribution in [0.15, 0.2) is 42.2 Å². The van der Waals surface area contributed by atoms with Crippen LogP contribution >= 0.6 is 0 Å². The Morgan fingerprint density at radius 2 is 2.00 bits per heavy atom. The first-order valence-electron chi connectivity index (χ1n) is 8.76. The molecule has 4 rings (SSSR count). The van der Waals surface area contributed by atoms with Gasteiger partial charge in [0.2, 0.25) is 0 Å². The molecule has 127 valence electrons. The number of ether oxygens (including phenoxy) is 1. The predicted molar refractivity (Wildman–Crippen MR) is 90.6 cm³/mol. The van der Waals surface area contributed by atoms with Gasteiger partial charge in [0.05, 0.1) is 0 Å². The molecule has 1 saturated carbocycles. The number of rotatable bonds is 4. The van der Waals surface area contributed by atoms with Crippen LogP contribution in [-0.2, 0) is 0 Å². The van der Waals surface area contributed by atoms with Gasteiger partial charge in [0.15, 0.2) is 17.8 Å². The van der Waals surface area contributed by atoms with Gasteiger partial charge in [0.1, 0.15) is 5.82 Å². The lowest BCUT2D eigenvalue weighted by Gasteiger charge is -2.31. The van der Waals surface area contributed by atoms with E-state index in [0.717, 1.165) is 37.9 Å². The summed E-state index contributed by atoms with van der Waals surface area (Å²) in [5, 5.41) is 3.32. The molecule has 24 heavy (non-hydrogen) atoms.